The van der Waals surface area contributed by atoms with Gasteiger partial charge in [-0.05, 0) is 24.6 Å². The largest absolute Gasteiger partial charge is 0.492 e. The summed E-state index contributed by atoms with van der Waals surface area (Å²) in [6, 6.07) is 16.1. The van der Waals surface area contributed by atoms with Gasteiger partial charge in [0, 0.05) is 6.61 Å². The van der Waals surface area contributed by atoms with Crippen LogP contribution in [0.1, 0.15) is 35.4 Å². The zero-order valence-electron chi connectivity index (χ0n) is 13.5. The van der Waals surface area contributed by atoms with Gasteiger partial charge in [0.25, 0.3) is 0 Å². The van der Waals surface area contributed by atoms with E-state index >= 15 is 0 Å². The van der Waals surface area contributed by atoms with Crippen molar-refractivity contribution in [2.24, 2.45) is 0 Å². The molecule has 0 saturated carbocycles. The molecule has 0 aliphatic carbocycles. The number of carbonyl (C=O) groups excluding carboxylic acids is 1. The zero-order chi connectivity index (χ0) is 17.4. The molecule has 0 fully saturated rings. The van der Waals surface area contributed by atoms with Gasteiger partial charge in [-0.2, -0.15) is 0 Å². The number of hydrogen-bond acceptors (Lipinski definition) is 4. The first-order chi connectivity index (χ1) is 11.6. The summed E-state index contributed by atoms with van der Waals surface area (Å²) in [6.07, 6.45) is -0.851. The molecule has 0 heterocycles. The van der Waals surface area contributed by atoms with Crippen LogP contribution in [0.5, 0.6) is 5.75 Å². The summed E-state index contributed by atoms with van der Waals surface area (Å²) in [5.41, 5.74) is 1.15. The van der Waals surface area contributed by atoms with Gasteiger partial charge < -0.3 is 14.6 Å². The van der Waals surface area contributed by atoms with Gasteiger partial charge in [0.2, 0.25) is 0 Å². The van der Waals surface area contributed by atoms with Gasteiger partial charge in [0.1, 0.15) is 11.9 Å². The van der Waals surface area contributed by atoms with Gasteiger partial charge in [0.05, 0.1) is 18.6 Å². The average Bonchev–Trinajstić information content (AvgIpc) is 2.60. The number of carboxylic acid groups (broad SMARTS) is 1. The van der Waals surface area contributed by atoms with Crippen LogP contribution in [-0.2, 0) is 9.53 Å². The number of carbonyl (C=O) groups is 2. The maximum atomic E-state index is 12.9. The fraction of sp³-hybridized carbons (Fsp3) is 0.263. The number of benzene rings is 2. The summed E-state index contributed by atoms with van der Waals surface area (Å²) >= 11 is 0. The smallest absolute Gasteiger partial charge is 0.306 e. The van der Waals surface area contributed by atoms with E-state index in [1.54, 1.807) is 24.3 Å². The predicted octanol–water partition coefficient (Wildman–Crippen LogP) is 3.50. The van der Waals surface area contributed by atoms with Crippen LogP contribution in [0.15, 0.2) is 54.6 Å². The molecule has 0 aromatic heterocycles. The maximum Gasteiger partial charge on any atom is 0.306 e. The molecular formula is C19H20O5. The monoisotopic (exact) mass is 328 g/mol. The molecule has 126 valence electrons. The standard InChI is InChI=1S/C19H20O5/c1-2-23-19(14-8-4-3-5-9-14)18(22)15-10-6-7-11-16(15)24-13-12-17(20)21/h3-11,19H,2,12-13H2,1H3,(H,20,21). The fourth-order valence-corrected chi connectivity index (χ4v) is 2.30. The number of ketones is 1. The third kappa shape index (κ3) is 4.67. The van der Waals surface area contributed by atoms with E-state index in [0.29, 0.717) is 17.9 Å². The summed E-state index contributed by atoms with van der Waals surface area (Å²) < 4.78 is 11.1. The molecule has 0 amide bonds. The van der Waals surface area contributed by atoms with Crippen molar-refractivity contribution in [3.8, 4) is 5.75 Å². The van der Waals surface area contributed by atoms with E-state index in [0.717, 1.165) is 5.56 Å². The predicted molar refractivity (Wildman–Crippen MR) is 89.3 cm³/mol. The van der Waals surface area contributed by atoms with Crippen LogP contribution in [0, 0.1) is 0 Å². The number of para-hydroxylation sites is 1. The lowest BCUT2D eigenvalue weighted by Crippen LogP contribution is -2.18. The van der Waals surface area contributed by atoms with Crippen molar-refractivity contribution in [2.45, 2.75) is 19.4 Å². The van der Waals surface area contributed by atoms with Gasteiger partial charge >= 0.3 is 5.97 Å². The number of ether oxygens (including phenoxy) is 2. The normalized spacial score (nSPS) is 11.7. The molecule has 1 unspecified atom stereocenters. The Hall–Kier alpha value is -2.66. The summed E-state index contributed by atoms with van der Waals surface area (Å²) in [6.45, 7) is 2.23. The van der Waals surface area contributed by atoms with Crippen molar-refractivity contribution >= 4 is 11.8 Å². The molecule has 0 radical (unpaired) electrons. The van der Waals surface area contributed by atoms with Gasteiger partial charge in [-0.25, -0.2) is 0 Å². The third-order valence-corrected chi connectivity index (χ3v) is 3.40. The van der Waals surface area contributed by atoms with Crippen molar-refractivity contribution < 1.29 is 24.2 Å². The Morgan fingerprint density at radius 3 is 2.38 bits per heavy atom. The molecule has 1 atom stereocenters. The SMILES string of the molecule is CCOC(C(=O)c1ccccc1OCCC(=O)O)c1ccccc1. The molecule has 2 aromatic carbocycles. The molecule has 5 heteroatoms. The molecule has 0 aliphatic heterocycles. The van der Waals surface area contributed by atoms with E-state index < -0.39 is 12.1 Å². The Bertz CT molecular complexity index is 681. The summed E-state index contributed by atoms with van der Waals surface area (Å²) in [4.78, 5) is 23.6. The van der Waals surface area contributed by atoms with Crippen LogP contribution in [0.3, 0.4) is 0 Å². The second-order valence-corrected chi connectivity index (χ2v) is 5.10. The molecule has 2 rings (SSSR count). The maximum absolute atomic E-state index is 12.9. The first kappa shape index (κ1) is 17.7. The van der Waals surface area contributed by atoms with Crippen LogP contribution in [0.2, 0.25) is 0 Å². The number of hydrogen-bond donors (Lipinski definition) is 1. The molecule has 5 nitrogen and oxygen atoms in total. The lowest BCUT2D eigenvalue weighted by molar-refractivity contribution is -0.137. The molecule has 0 aliphatic rings. The first-order valence-corrected chi connectivity index (χ1v) is 7.78. The number of rotatable bonds is 9. The van der Waals surface area contributed by atoms with Crippen molar-refractivity contribution in [3.05, 3.63) is 65.7 Å². The van der Waals surface area contributed by atoms with E-state index in [9.17, 15) is 9.59 Å². The second kappa shape index (κ2) is 8.84. The average molecular weight is 328 g/mol. The quantitative estimate of drug-likeness (QED) is 0.713. The molecule has 0 bridgehead atoms. The van der Waals surface area contributed by atoms with Crippen LogP contribution >= 0.6 is 0 Å². The highest BCUT2D eigenvalue weighted by Gasteiger charge is 2.25. The Morgan fingerprint density at radius 1 is 1.04 bits per heavy atom. The minimum atomic E-state index is -0.949. The highest BCUT2D eigenvalue weighted by molar-refractivity contribution is 6.02. The van der Waals surface area contributed by atoms with E-state index in [4.69, 9.17) is 14.6 Å². The van der Waals surface area contributed by atoms with E-state index in [1.807, 2.05) is 37.3 Å². The Morgan fingerprint density at radius 2 is 1.71 bits per heavy atom. The molecule has 0 spiro atoms. The summed E-state index contributed by atoms with van der Waals surface area (Å²) in [7, 11) is 0. The van der Waals surface area contributed by atoms with Crippen LogP contribution in [-0.4, -0.2) is 30.1 Å². The third-order valence-electron chi connectivity index (χ3n) is 3.40. The highest BCUT2D eigenvalue weighted by Crippen LogP contribution is 2.27. The van der Waals surface area contributed by atoms with Gasteiger partial charge in [-0.1, -0.05) is 42.5 Å². The molecule has 2 aromatic rings. The van der Waals surface area contributed by atoms with Crippen molar-refractivity contribution in [1.82, 2.24) is 0 Å². The highest BCUT2D eigenvalue weighted by atomic mass is 16.5. The number of aliphatic carboxylic acids is 1. The van der Waals surface area contributed by atoms with E-state index in [1.165, 1.54) is 0 Å². The Labute approximate surface area is 140 Å². The molecule has 24 heavy (non-hydrogen) atoms. The zero-order valence-corrected chi connectivity index (χ0v) is 13.5. The second-order valence-electron chi connectivity index (χ2n) is 5.10. The van der Waals surface area contributed by atoms with Crippen molar-refractivity contribution in [3.63, 3.8) is 0 Å². The minimum absolute atomic E-state index is 0.00423. The van der Waals surface area contributed by atoms with E-state index in [2.05, 4.69) is 0 Å². The Balaban J connectivity index is 2.25. The van der Waals surface area contributed by atoms with Gasteiger partial charge in [-0.15, -0.1) is 0 Å². The first-order valence-electron chi connectivity index (χ1n) is 7.78. The molecule has 0 saturated heterocycles. The topological polar surface area (TPSA) is 72.8 Å². The van der Waals surface area contributed by atoms with Crippen LogP contribution < -0.4 is 4.74 Å². The summed E-state index contributed by atoms with van der Waals surface area (Å²) in [5, 5.41) is 8.71. The lowest BCUT2D eigenvalue weighted by atomic mass is 9.99. The van der Waals surface area contributed by atoms with Crippen LogP contribution in [0.25, 0.3) is 0 Å². The fourth-order valence-electron chi connectivity index (χ4n) is 2.30. The van der Waals surface area contributed by atoms with E-state index in [-0.39, 0.29) is 18.8 Å². The van der Waals surface area contributed by atoms with Crippen molar-refractivity contribution in [1.29, 1.82) is 0 Å². The number of carboxylic acids is 1. The number of Topliss-reactive ketones (excluding diaryl/α,β-unsaturated/α-hetero) is 1. The van der Waals surface area contributed by atoms with Gasteiger partial charge in [0.15, 0.2) is 5.78 Å². The lowest BCUT2D eigenvalue weighted by Gasteiger charge is -2.18. The van der Waals surface area contributed by atoms with Gasteiger partial charge in [-0.3, -0.25) is 9.59 Å². The Kier molecular flexibility index (Phi) is 6.51. The van der Waals surface area contributed by atoms with Crippen LogP contribution in [0.4, 0.5) is 0 Å². The summed E-state index contributed by atoms with van der Waals surface area (Å²) in [5.74, 6) is -0.798. The van der Waals surface area contributed by atoms with Crippen molar-refractivity contribution in [2.75, 3.05) is 13.2 Å². The molecular weight excluding hydrogens is 308 g/mol. The minimum Gasteiger partial charge on any atom is -0.492 e. The molecule has 1 N–H and O–H groups in total.